The number of nitrogens with one attached hydrogen (secondary N) is 2. The molecule has 0 heterocycles. The maximum absolute atomic E-state index is 13.6. The minimum atomic E-state index is -0.409. The number of likely N-dealkylation sites (N-methyl/N-ethyl adjacent to an activating group) is 1. The van der Waals surface area contributed by atoms with Crippen LogP contribution >= 0.6 is 0 Å². The Balaban J connectivity index is 1.86. The normalized spacial score (nSPS) is 15.4. The zero-order chi connectivity index (χ0) is 15.2. The highest BCUT2D eigenvalue weighted by Gasteiger charge is 2.19. The van der Waals surface area contributed by atoms with Crippen LogP contribution in [0.25, 0.3) is 0 Å². The standard InChI is InChI=1S/C16H24FN3O/c1-18-15-13(8-5-9-14(15)17)16(21)19-10-11-20(2)12-6-3-4-7-12/h5,8-9,12,18H,3-4,6-7,10-11H2,1-2H3,(H,19,21). The molecule has 21 heavy (non-hydrogen) atoms. The highest BCUT2D eigenvalue weighted by Crippen LogP contribution is 2.22. The number of carbonyl (C=O) groups is 1. The first-order chi connectivity index (χ1) is 10.1. The second-order valence-corrected chi connectivity index (χ2v) is 5.59. The first kappa shape index (κ1) is 15.8. The molecule has 2 rings (SSSR count). The molecule has 116 valence electrons. The summed E-state index contributed by atoms with van der Waals surface area (Å²) < 4.78 is 13.6. The number of benzene rings is 1. The van der Waals surface area contributed by atoms with Gasteiger partial charge in [-0.1, -0.05) is 18.9 Å². The van der Waals surface area contributed by atoms with Crippen molar-refractivity contribution >= 4 is 11.6 Å². The van der Waals surface area contributed by atoms with Gasteiger partial charge < -0.3 is 15.5 Å². The number of halogens is 1. The van der Waals surface area contributed by atoms with E-state index >= 15 is 0 Å². The Labute approximate surface area is 125 Å². The molecule has 1 aromatic rings. The van der Waals surface area contributed by atoms with Crippen LogP contribution in [0.15, 0.2) is 18.2 Å². The zero-order valence-electron chi connectivity index (χ0n) is 12.8. The largest absolute Gasteiger partial charge is 0.385 e. The fraction of sp³-hybridized carbons (Fsp3) is 0.562. The molecule has 0 unspecified atom stereocenters. The third kappa shape index (κ3) is 3.94. The summed E-state index contributed by atoms with van der Waals surface area (Å²) in [7, 11) is 3.71. The second-order valence-electron chi connectivity index (χ2n) is 5.59. The Hall–Kier alpha value is -1.62. The highest BCUT2D eigenvalue weighted by atomic mass is 19.1. The minimum absolute atomic E-state index is 0.237. The van der Waals surface area contributed by atoms with E-state index in [1.807, 2.05) is 0 Å². The summed E-state index contributed by atoms with van der Waals surface area (Å²) in [5.41, 5.74) is 0.597. The van der Waals surface area contributed by atoms with Crippen LogP contribution in [0.2, 0.25) is 0 Å². The van der Waals surface area contributed by atoms with Crippen LogP contribution in [0, 0.1) is 5.82 Å². The van der Waals surface area contributed by atoms with Crippen molar-refractivity contribution < 1.29 is 9.18 Å². The van der Waals surface area contributed by atoms with Gasteiger partial charge in [-0.3, -0.25) is 4.79 Å². The third-order valence-corrected chi connectivity index (χ3v) is 4.21. The van der Waals surface area contributed by atoms with Crippen LogP contribution in [-0.2, 0) is 0 Å². The summed E-state index contributed by atoms with van der Waals surface area (Å²) in [5, 5.41) is 5.61. The van der Waals surface area contributed by atoms with Crippen molar-refractivity contribution in [1.82, 2.24) is 10.2 Å². The maximum atomic E-state index is 13.6. The molecule has 0 aliphatic heterocycles. The van der Waals surface area contributed by atoms with E-state index in [1.54, 1.807) is 19.2 Å². The number of para-hydroxylation sites is 1. The van der Waals surface area contributed by atoms with Crippen LogP contribution < -0.4 is 10.6 Å². The predicted molar refractivity (Wildman–Crippen MR) is 83.2 cm³/mol. The van der Waals surface area contributed by atoms with E-state index in [4.69, 9.17) is 0 Å². The molecule has 5 heteroatoms. The minimum Gasteiger partial charge on any atom is -0.385 e. The average molecular weight is 293 g/mol. The molecule has 0 spiro atoms. The molecule has 4 nitrogen and oxygen atoms in total. The summed E-state index contributed by atoms with van der Waals surface area (Å²) in [6.07, 6.45) is 5.10. The number of rotatable bonds is 6. The van der Waals surface area contributed by atoms with Gasteiger partial charge in [0.15, 0.2) is 0 Å². The number of amides is 1. The highest BCUT2D eigenvalue weighted by molar-refractivity contribution is 5.99. The van der Waals surface area contributed by atoms with Gasteiger partial charge in [-0.25, -0.2) is 4.39 Å². The summed E-state index contributed by atoms with van der Waals surface area (Å²) in [4.78, 5) is 14.4. The van der Waals surface area contributed by atoms with Crippen molar-refractivity contribution in [2.24, 2.45) is 0 Å². The van der Waals surface area contributed by atoms with Crippen molar-refractivity contribution in [2.45, 2.75) is 31.7 Å². The van der Waals surface area contributed by atoms with Gasteiger partial charge in [0, 0.05) is 26.2 Å². The van der Waals surface area contributed by atoms with E-state index in [0.29, 0.717) is 18.2 Å². The van der Waals surface area contributed by atoms with Crippen molar-refractivity contribution in [3.8, 4) is 0 Å². The van der Waals surface area contributed by atoms with Crippen LogP contribution in [-0.4, -0.2) is 44.0 Å². The smallest absolute Gasteiger partial charge is 0.253 e. The molecule has 0 radical (unpaired) electrons. The van der Waals surface area contributed by atoms with Gasteiger partial charge in [0.25, 0.3) is 5.91 Å². The van der Waals surface area contributed by atoms with Gasteiger partial charge in [-0.15, -0.1) is 0 Å². The maximum Gasteiger partial charge on any atom is 0.253 e. The molecular weight excluding hydrogens is 269 g/mol. The van der Waals surface area contributed by atoms with Crippen LogP contribution in [0.5, 0.6) is 0 Å². The fourth-order valence-electron chi connectivity index (χ4n) is 2.94. The molecule has 1 saturated carbocycles. The molecule has 0 aromatic heterocycles. The fourth-order valence-corrected chi connectivity index (χ4v) is 2.94. The van der Waals surface area contributed by atoms with Crippen LogP contribution in [0.1, 0.15) is 36.0 Å². The molecule has 2 N–H and O–H groups in total. The number of nitrogens with zero attached hydrogens (tertiary/aromatic N) is 1. The van der Waals surface area contributed by atoms with Crippen molar-refractivity contribution in [3.63, 3.8) is 0 Å². The number of carbonyl (C=O) groups excluding carboxylic acids is 1. The summed E-state index contributed by atoms with van der Waals surface area (Å²) >= 11 is 0. The van der Waals surface area contributed by atoms with Crippen molar-refractivity contribution in [3.05, 3.63) is 29.6 Å². The van der Waals surface area contributed by atoms with E-state index in [9.17, 15) is 9.18 Å². The molecule has 1 aromatic carbocycles. The first-order valence-corrected chi connectivity index (χ1v) is 7.58. The molecule has 1 aliphatic carbocycles. The number of hydrogen-bond donors (Lipinski definition) is 2. The lowest BCUT2D eigenvalue weighted by Crippen LogP contribution is -2.37. The lowest BCUT2D eigenvalue weighted by molar-refractivity contribution is 0.0947. The summed E-state index contributed by atoms with van der Waals surface area (Å²) in [6, 6.07) is 5.17. The molecular formula is C16H24FN3O. The first-order valence-electron chi connectivity index (χ1n) is 7.58. The number of anilines is 1. The molecule has 0 saturated heterocycles. The quantitative estimate of drug-likeness (QED) is 0.847. The lowest BCUT2D eigenvalue weighted by Gasteiger charge is -2.24. The van der Waals surface area contributed by atoms with E-state index < -0.39 is 5.82 Å². The van der Waals surface area contributed by atoms with Gasteiger partial charge in [-0.2, -0.15) is 0 Å². The molecule has 1 fully saturated rings. The summed E-state index contributed by atoms with van der Waals surface area (Å²) in [6.45, 7) is 1.39. The van der Waals surface area contributed by atoms with E-state index in [1.165, 1.54) is 31.7 Å². The Morgan fingerprint density at radius 2 is 2.10 bits per heavy atom. The average Bonchev–Trinajstić information content (AvgIpc) is 3.01. The van der Waals surface area contributed by atoms with E-state index in [2.05, 4.69) is 22.6 Å². The predicted octanol–water partition coefficient (Wildman–Crippen LogP) is 2.47. The monoisotopic (exact) mass is 293 g/mol. The third-order valence-electron chi connectivity index (χ3n) is 4.21. The van der Waals surface area contributed by atoms with Gasteiger partial charge in [0.05, 0.1) is 11.3 Å². The van der Waals surface area contributed by atoms with E-state index in [-0.39, 0.29) is 11.6 Å². The molecule has 0 bridgehead atoms. The van der Waals surface area contributed by atoms with Gasteiger partial charge in [0.1, 0.15) is 5.82 Å². The summed E-state index contributed by atoms with van der Waals surface area (Å²) in [5.74, 6) is -0.646. The Bertz CT molecular complexity index is 486. The molecule has 1 amide bonds. The van der Waals surface area contributed by atoms with Crippen molar-refractivity contribution in [1.29, 1.82) is 0 Å². The van der Waals surface area contributed by atoms with Gasteiger partial charge in [-0.05, 0) is 32.0 Å². The Morgan fingerprint density at radius 3 is 2.76 bits per heavy atom. The Kier molecular flexibility index (Phi) is 5.56. The SMILES string of the molecule is CNc1c(F)cccc1C(=O)NCCN(C)C1CCCC1. The van der Waals surface area contributed by atoms with E-state index in [0.717, 1.165) is 6.54 Å². The second kappa shape index (κ2) is 7.41. The Morgan fingerprint density at radius 1 is 1.38 bits per heavy atom. The molecule has 1 aliphatic rings. The van der Waals surface area contributed by atoms with Gasteiger partial charge in [0.2, 0.25) is 0 Å². The van der Waals surface area contributed by atoms with Crippen LogP contribution in [0.3, 0.4) is 0 Å². The molecule has 0 atom stereocenters. The van der Waals surface area contributed by atoms with Crippen molar-refractivity contribution in [2.75, 3.05) is 32.5 Å². The van der Waals surface area contributed by atoms with Gasteiger partial charge >= 0.3 is 0 Å². The lowest BCUT2D eigenvalue weighted by atomic mass is 10.1. The van der Waals surface area contributed by atoms with Crippen LogP contribution in [0.4, 0.5) is 10.1 Å². The number of hydrogen-bond acceptors (Lipinski definition) is 3. The topological polar surface area (TPSA) is 44.4 Å². The zero-order valence-corrected chi connectivity index (χ0v) is 12.8.